The molecule has 0 unspecified atom stereocenters. The Kier molecular flexibility index (Phi) is 3.85. The van der Waals surface area contributed by atoms with E-state index in [1.807, 2.05) is 0 Å². The summed E-state index contributed by atoms with van der Waals surface area (Å²) in [4.78, 5) is 10.7. The van der Waals surface area contributed by atoms with Crippen LogP contribution in [0.2, 0.25) is 0 Å². The average Bonchev–Trinajstić information content (AvgIpc) is 2.99. The molecule has 0 bridgehead atoms. The van der Waals surface area contributed by atoms with Crippen LogP contribution in [0.3, 0.4) is 0 Å². The lowest BCUT2D eigenvalue weighted by Gasteiger charge is -2.19. The van der Waals surface area contributed by atoms with E-state index in [0.717, 1.165) is 12.8 Å². The van der Waals surface area contributed by atoms with E-state index in [-0.39, 0.29) is 5.41 Å². The van der Waals surface area contributed by atoms with Gasteiger partial charge in [-0.2, -0.15) is 0 Å². The van der Waals surface area contributed by atoms with Gasteiger partial charge in [-0.05, 0) is 25.7 Å². The number of hydrogen-bond acceptors (Lipinski definition) is 2. The van der Waals surface area contributed by atoms with Crippen LogP contribution in [0.25, 0.3) is 0 Å². The molecule has 3 heteroatoms. The predicted molar refractivity (Wildman–Crippen MR) is 61.4 cm³/mol. The minimum atomic E-state index is -0.679. The molecule has 3 nitrogen and oxygen atoms in total. The maximum Gasteiger partial charge on any atom is 0.303 e. The molecular weight excluding hydrogens is 204 g/mol. The Morgan fingerprint density at radius 3 is 2.31 bits per heavy atom. The van der Waals surface area contributed by atoms with Gasteiger partial charge in [0, 0.05) is 5.41 Å². The minimum absolute atomic E-state index is 0.00185. The maximum absolute atomic E-state index is 10.7. The van der Waals surface area contributed by atoms with Crippen molar-refractivity contribution in [3.05, 3.63) is 0 Å². The van der Waals surface area contributed by atoms with Crippen molar-refractivity contribution in [2.75, 3.05) is 6.61 Å². The van der Waals surface area contributed by atoms with Gasteiger partial charge in [0.1, 0.15) is 0 Å². The van der Waals surface area contributed by atoms with E-state index >= 15 is 0 Å². The molecular formula is C13H22O3. The number of carbonyl (C=O) groups is 1. The van der Waals surface area contributed by atoms with Crippen molar-refractivity contribution in [3.63, 3.8) is 0 Å². The molecule has 0 saturated heterocycles. The molecule has 2 fully saturated rings. The second-order valence-corrected chi connectivity index (χ2v) is 5.50. The van der Waals surface area contributed by atoms with Crippen LogP contribution in [-0.4, -0.2) is 23.8 Å². The summed E-state index contributed by atoms with van der Waals surface area (Å²) in [5.41, 5.74) is -0.00185. The predicted octanol–water partition coefficient (Wildman–Crippen LogP) is 2.98. The van der Waals surface area contributed by atoms with Crippen LogP contribution in [0.4, 0.5) is 0 Å². The van der Waals surface area contributed by atoms with Crippen LogP contribution in [0.15, 0.2) is 0 Å². The van der Waals surface area contributed by atoms with Gasteiger partial charge in [0.2, 0.25) is 0 Å². The maximum atomic E-state index is 10.7. The highest BCUT2D eigenvalue weighted by atomic mass is 16.5. The smallest absolute Gasteiger partial charge is 0.303 e. The van der Waals surface area contributed by atoms with Crippen LogP contribution in [0.5, 0.6) is 0 Å². The highest BCUT2D eigenvalue weighted by molar-refractivity contribution is 5.68. The molecule has 16 heavy (non-hydrogen) atoms. The van der Waals surface area contributed by atoms with Gasteiger partial charge in [-0.25, -0.2) is 0 Å². The molecule has 2 rings (SSSR count). The number of hydrogen-bond donors (Lipinski definition) is 1. The van der Waals surface area contributed by atoms with E-state index in [4.69, 9.17) is 9.84 Å². The van der Waals surface area contributed by atoms with Gasteiger partial charge >= 0.3 is 5.97 Å². The molecule has 0 atom stereocenters. The number of aliphatic carboxylic acids is 1. The highest BCUT2D eigenvalue weighted by Gasteiger charge is 2.45. The van der Waals surface area contributed by atoms with Crippen LogP contribution in [0, 0.1) is 5.41 Å². The van der Waals surface area contributed by atoms with E-state index in [2.05, 4.69) is 0 Å². The minimum Gasteiger partial charge on any atom is -0.481 e. The second kappa shape index (κ2) is 5.17. The van der Waals surface area contributed by atoms with E-state index in [9.17, 15) is 4.79 Å². The van der Waals surface area contributed by atoms with Crippen molar-refractivity contribution >= 4 is 5.97 Å². The summed E-state index contributed by atoms with van der Waals surface area (Å²) in [5.74, 6) is -0.679. The van der Waals surface area contributed by atoms with E-state index < -0.39 is 5.97 Å². The first-order valence-corrected chi connectivity index (χ1v) is 6.54. The summed E-state index contributed by atoms with van der Waals surface area (Å²) in [7, 11) is 0. The van der Waals surface area contributed by atoms with E-state index in [0.29, 0.717) is 19.1 Å². The van der Waals surface area contributed by atoms with Crippen LogP contribution in [0.1, 0.15) is 57.8 Å². The topological polar surface area (TPSA) is 46.5 Å². The number of rotatable bonds is 5. The Bertz CT molecular complexity index is 238. The normalized spacial score (nSPS) is 25.0. The lowest BCUT2D eigenvalue weighted by molar-refractivity contribution is -0.139. The lowest BCUT2D eigenvalue weighted by Crippen LogP contribution is -2.21. The standard InChI is InChI=1S/C13H22O3/c14-12(15)9-13(7-8-13)10-16-11-5-3-1-2-4-6-11/h11H,1-10H2,(H,14,15). The van der Waals surface area contributed by atoms with E-state index in [1.165, 1.54) is 38.5 Å². The van der Waals surface area contributed by atoms with Crippen molar-refractivity contribution in [2.24, 2.45) is 5.41 Å². The van der Waals surface area contributed by atoms with Crippen molar-refractivity contribution in [2.45, 2.75) is 63.9 Å². The molecule has 0 amide bonds. The Hall–Kier alpha value is -0.570. The van der Waals surface area contributed by atoms with Crippen molar-refractivity contribution in [1.82, 2.24) is 0 Å². The highest BCUT2D eigenvalue weighted by Crippen LogP contribution is 2.49. The van der Waals surface area contributed by atoms with Crippen molar-refractivity contribution in [1.29, 1.82) is 0 Å². The SMILES string of the molecule is O=C(O)CC1(COC2CCCCCC2)CC1. The average molecular weight is 226 g/mol. The van der Waals surface area contributed by atoms with Gasteiger partial charge in [0.05, 0.1) is 19.1 Å². The molecule has 0 aromatic carbocycles. The summed E-state index contributed by atoms with van der Waals surface area (Å²) < 4.78 is 5.93. The third kappa shape index (κ3) is 3.48. The molecule has 0 radical (unpaired) electrons. The number of ether oxygens (including phenoxy) is 1. The van der Waals surface area contributed by atoms with Crippen LogP contribution < -0.4 is 0 Å². The molecule has 0 spiro atoms. The summed E-state index contributed by atoms with van der Waals surface area (Å²) >= 11 is 0. The zero-order valence-corrected chi connectivity index (χ0v) is 9.91. The molecule has 0 aliphatic heterocycles. The molecule has 0 aromatic rings. The zero-order valence-electron chi connectivity index (χ0n) is 9.91. The van der Waals surface area contributed by atoms with Gasteiger partial charge in [-0.3, -0.25) is 4.79 Å². The monoisotopic (exact) mass is 226 g/mol. The summed E-state index contributed by atoms with van der Waals surface area (Å²) in [6.07, 6.45) is 10.3. The largest absolute Gasteiger partial charge is 0.481 e. The molecule has 1 N–H and O–H groups in total. The van der Waals surface area contributed by atoms with Crippen molar-refractivity contribution in [3.8, 4) is 0 Å². The fourth-order valence-corrected chi connectivity index (χ4v) is 2.57. The Balaban J connectivity index is 1.71. The molecule has 0 heterocycles. The van der Waals surface area contributed by atoms with E-state index in [1.54, 1.807) is 0 Å². The molecule has 2 saturated carbocycles. The Morgan fingerprint density at radius 1 is 1.19 bits per heavy atom. The van der Waals surface area contributed by atoms with Gasteiger partial charge in [0.15, 0.2) is 0 Å². The number of carboxylic acids is 1. The fraction of sp³-hybridized carbons (Fsp3) is 0.923. The second-order valence-electron chi connectivity index (χ2n) is 5.50. The summed E-state index contributed by atoms with van der Waals surface area (Å²) in [6.45, 7) is 0.671. The first-order chi connectivity index (χ1) is 7.70. The zero-order chi connectivity index (χ0) is 11.4. The number of carboxylic acid groups (broad SMARTS) is 1. The van der Waals surface area contributed by atoms with Crippen LogP contribution in [-0.2, 0) is 9.53 Å². The molecule has 2 aliphatic carbocycles. The van der Waals surface area contributed by atoms with Crippen LogP contribution >= 0.6 is 0 Å². The van der Waals surface area contributed by atoms with Crippen molar-refractivity contribution < 1.29 is 14.6 Å². The third-order valence-corrected chi connectivity index (χ3v) is 3.91. The third-order valence-electron chi connectivity index (χ3n) is 3.91. The fourth-order valence-electron chi connectivity index (χ4n) is 2.57. The van der Waals surface area contributed by atoms with Gasteiger partial charge in [-0.15, -0.1) is 0 Å². The first kappa shape index (κ1) is 11.9. The molecule has 2 aliphatic rings. The Morgan fingerprint density at radius 2 is 1.81 bits per heavy atom. The Labute approximate surface area is 97.2 Å². The molecule has 0 aromatic heterocycles. The van der Waals surface area contributed by atoms with Gasteiger partial charge in [-0.1, -0.05) is 25.7 Å². The summed E-state index contributed by atoms with van der Waals surface area (Å²) in [5, 5.41) is 8.82. The van der Waals surface area contributed by atoms with Gasteiger partial charge < -0.3 is 9.84 Å². The quantitative estimate of drug-likeness (QED) is 0.733. The first-order valence-electron chi connectivity index (χ1n) is 6.54. The summed E-state index contributed by atoms with van der Waals surface area (Å²) in [6, 6.07) is 0. The molecule has 92 valence electrons. The lowest BCUT2D eigenvalue weighted by atomic mass is 10.0. The van der Waals surface area contributed by atoms with Gasteiger partial charge in [0.25, 0.3) is 0 Å².